The van der Waals surface area contributed by atoms with Crippen LogP contribution in [0.4, 0.5) is 11.5 Å². The molecular weight excluding hydrogens is 164 g/mol. The summed E-state index contributed by atoms with van der Waals surface area (Å²) in [6.45, 7) is 2.25. The first-order valence-electron chi connectivity index (χ1n) is 4.57. The maximum Gasteiger partial charge on any atom is 0.152 e. The van der Waals surface area contributed by atoms with Crippen LogP contribution in [-0.2, 0) is 0 Å². The number of nitrogens with one attached hydrogen (secondary N) is 1. The molecule has 0 atom stereocenters. The van der Waals surface area contributed by atoms with Gasteiger partial charge >= 0.3 is 0 Å². The van der Waals surface area contributed by atoms with Crippen molar-refractivity contribution in [1.82, 2.24) is 9.97 Å². The van der Waals surface area contributed by atoms with Crippen molar-refractivity contribution >= 4 is 11.5 Å². The Kier molecular flexibility index (Phi) is 2.04. The maximum atomic E-state index is 5.69. The number of nitrogen functional groups attached to an aromatic ring is 1. The highest BCUT2D eigenvalue weighted by molar-refractivity contribution is 5.59. The van der Waals surface area contributed by atoms with Gasteiger partial charge in [0.2, 0.25) is 0 Å². The lowest BCUT2D eigenvalue weighted by Crippen LogP contribution is -2.34. The Labute approximate surface area is 77.6 Å². The van der Waals surface area contributed by atoms with Crippen molar-refractivity contribution in [2.24, 2.45) is 5.92 Å². The van der Waals surface area contributed by atoms with Crippen LogP contribution in [0.3, 0.4) is 0 Å². The fourth-order valence-corrected chi connectivity index (χ4v) is 1.67. The molecule has 0 unspecified atom stereocenters. The van der Waals surface area contributed by atoms with Crippen LogP contribution in [0.5, 0.6) is 0 Å². The Hall–Kier alpha value is -1.32. The third-order valence-corrected chi connectivity index (χ3v) is 2.46. The van der Waals surface area contributed by atoms with E-state index in [4.69, 9.17) is 5.73 Å². The highest BCUT2D eigenvalue weighted by atomic mass is 15.1. The van der Waals surface area contributed by atoms with Crippen molar-refractivity contribution in [3.05, 3.63) is 12.5 Å². The van der Waals surface area contributed by atoms with Crippen LogP contribution in [0.1, 0.15) is 19.8 Å². The van der Waals surface area contributed by atoms with Crippen LogP contribution in [-0.4, -0.2) is 16.0 Å². The van der Waals surface area contributed by atoms with Crippen LogP contribution in [0.25, 0.3) is 0 Å². The first-order valence-corrected chi connectivity index (χ1v) is 4.57. The summed E-state index contributed by atoms with van der Waals surface area (Å²) in [5, 5.41) is 3.30. The molecule has 0 aromatic carbocycles. The smallest absolute Gasteiger partial charge is 0.152 e. The zero-order chi connectivity index (χ0) is 9.26. The van der Waals surface area contributed by atoms with Gasteiger partial charge in [-0.3, -0.25) is 0 Å². The number of anilines is 2. The topological polar surface area (TPSA) is 63.8 Å². The van der Waals surface area contributed by atoms with E-state index in [0.29, 0.717) is 11.7 Å². The van der Waals surface area contributed by atoms with E-state index in [-0.39, 0.29) is 0 Å². The van der Waals surface area contributed by atoms with Crippen LogP contribution in [0.15, 0.2) is 12.5 Å². The van der Waals surface area contributed by atoms with Crippen molar-refractivity contribution < 1.29 is 0 Å². The number of rotatable bonds is 2. The minimum Gasteiger partial charge on any atom is -0.394 e. The Bertz CT molecular complexity index is 293. The molecule has 0 aliphatic heterocycles. The van der Waals surface area contributed by atoms with Crippen molar-refractivity contribution in [1.29, 1.82) is 0 Å². The molecule has 4 heteroatoms. The first kappa shape index (κ1) is 8.29. The number of nitrogens with zero attached hydrogens (tertiary/aromatic N) is 2. The van der Waals surface area contributed by atoms with Gasteiger partial charge in [-0.05, 0) is 18.8 Å². The van der Waals surface area contributed by atoms with E-state index in [1.165, 1.54) is 19.2 Å². The zero-order valence-corrected chi connectivity index (χ0v) is 7.70. The lowest BCUT2D eigenvalue weighted by molar-refractivity contribution is 0.308. The molecule has 0 spiro atoms. The lowest BCUT2D eigenvalue weighted by atomic mass is 9.82. The predicted molar refractivity (Wildman–Crippen MR) is 52.3 cm³/mol. The maximum absolute atomic E-state index is 5.69. The summed E-state index contributed by atoms with van der Waals surface area (Å²) in [5.74, 6) is 1.60. The van der Waals surface area contributed by atoms with Gasteiger partial charge in [-0.15, -0.1) is 0 Å². The molecule has 2 rings (SSSR count). The molecule has 1 heterocycles. The first-order chi connectivity index (χ1) is 6.25. The van der Waals surface area contributed by atoms with Gasteiger partial charge in [-0.25, -0.2) is 9.97 Å². The van der Waals surface area contributed by atoms with E-state index in [1.54, 1.807) is 6.20 Å². The molecule has 0 radical (unpaired) electrons. The van der Waals surface area contributed by atoms with E-state index in [0.717, 1.165) is 11.7 Å². The predicted octanol–water partition coefficient (Wildman–Crippen LogP) is 1.27. The van der Waals surface area contributed by atoms with Gasteiger partial charge in [0.05, 0.1) is 11.9 Å². The van der Waals surface area contributed by atoms with Gasteiger partial charge in [0, 0.05) is 6.04 Å². The fourth-order valence-electron chi connectivity index (χ4n) is 1.67. The Morgan fingerprint density at radius 2 is 2.31 bits per heavy atom. The van der Waals surface area contributed by atoms with Gasteiger partial charge < -0.3 is 11.1 Å². The van der Waals surface area contributed by atoms with Crippen LogP contribution in [0.2, 0.25) is 0 Å². The van der Waals surface area contributed by atoms with E-state index in [2.05, 4.69) is 22.2 Å². The summed E-state index contributed by atoms with van der Waals surface area (Å²) < 4.78 is 0. The van der Waals surface area contributed by atoms with Crippen LogP contribution in [0, 0.1) is 5.92 Å². The molecule has 1 aliphatic carbocycles. The van der Waals surface area contributed by atoms with E-state index in [9.17, 15) is 0 Å². The largest absolute Gasteiger partial charge is 0.394 e. The Morgan fingerprint density at radius 3 is 2.92 bits per heavy atom. The molecule has 70 valence electrons. The average Bonchev–Trinajstić information content (AvgIpc) is 2.06. The normalized spacial score (nSPS) is 26.5. The zero-order valence-electron chi connectivity index (χ0n) is 7.70. The third-order valence-electron chi connectivity index (χ3n) is 2.46. The van der Waals surface area contributed by atoms with E-state index in [1.807, 2.05) is 0 Å². The summed E-state index contributed by atoms with van der Waals surface area (Å²) in [6.07, 6.45) is 5.56. The summed E-state index contributed by atoms with van der Waals surface area (Å²) >= 11 is 0. The summed E-state index contributed by atoms with van der Waals surface area (Å²) in [5.41, 5.74) is 6.32. The molecule has 1 aliphatic rings. The molecule has 1 fully saturated rings. The Morgan fingerprint density at radius 1 is 1.54 bits per heavy atom. The molecule has 1 aromatic rings. The summed E-state index contributed by atoms with van der Waals surface area (Å²) in [6, 6.07) is 0.548. The molecule has 0 bridgehead atoms. The lowest BCUT2D eigenvalue weighted by Gasteiger charge is -2.33. The second kappa shape index (κ2) is 3.20. The second-order valence-electron chi connectivity index (χ2n) is 3.74. The molecule has 1 saturated carbocycles. The highest BCUT2D eigenvalue weighted by Gasteiger charge is 2.25. The van der Waals surface area contributed by atoms with Crippen LogP contribution >= 0.6 is 0 Å². The SMILES string of the molecule is CC1CC(Nc2ncncc2N)C1. The number of nitrogens with two attached hydrogens (primary N) is 1. The second-order valence-corrected chi connectivity index (χ2v) is 3.74. The quantitative estimate of drug-likeness (QED) is 0.715. The van der Waals surface area contributed by atoms with Gasteiger partial charge in [0.15, 0.2) is 5.82 Å². The van der Waals surface area contributed by atoms with E-state index >= 15 is 0 Å². The standard InChI is InChI=1S/C9H14N4/c1-6-2-7(3-6)13-9-8(10)4-11-5-12-9/h4-7H,2-3,10H2,1H3,(H,11,12,13). The van der Waals surface area contributed by atoms with Crippen molar-refractivity contribution in [2.45, 2.75) is 25.8 Å². The summed E-state index contributed by atoms with van der Waals surface area (Å²) in [7, 11) is 0. The van der Waals surface area contributed by atoms with Gasteiger partial charge in [-0.1, -0.05) is 6.92 Å². The molecule has 1 aromatic heterocycles. The molecule has 0 amide bonds. The third kappa shape index (κ3) is 1.71. The van der Waals surface area contributed by atoms with Gasteiger partial charge in [0.1, 0.15) is 6.33 Å². The number of hydrogen-bond donors (Lipinski definition) is 2. The van der Waals surface area contributed by atoms with Gasteiger partial charge in [0.25, 0.3) is 0 Å². The van der Waals surface area contributed by atoms with Crippen molar-refractivity contribution in [3.8, 4) is 0 Å². The van der Waals surface area contributed by atoms with Gasteiger partial charge in [-0.2, -0.15) is 0 Å². The molecule has 4 nitrogen and oxygen atoms in total. The Balaban J connectivity index is 1.98. The average molecular weight is 178 g/mol. The minimum absolute atomic E-state index is 0.548. The number of aromatic nitrogens is 2. The number of hydrogen-bond acceptors (Lipinski definition) is 4. The molecular formula is C9H14N4. The van der Waals surface area contributed by atoms with Crippen molar-refractivity contribution in [3.63, 3.8) is 0 Å². The van der Waals surface area contributed by atoms with Crippen molar-refractivity contribution in [2.75, 3.05) is 11.1 Å². The molecule has 13 heavy (non-hydrogen) atoms. The minimum atomic E-state index is 0.548. The molecule has 3 N–H and O–H groups in total. The fraction of sp³-hybridized carbons (Fsp3) is 0.556. The van der Waals surface area contributed by atoms with E-state index < -0.39 is 0 Å². The highest BCUT2D eigenvalue weighted by Crippen LogP contribution is 2.29. The monoisotopic (exact) mass is 178 g/mol. The van der Waals surface area contributed by atoms with Crippen LogP contribution < -0.4 is 11.1 Å². The summed E-state index contributed by atoms with van der Waals surface area (Å²) in [4.78, 5) is 7.91. The molecule has 0 saturated heterocycles.